The number of carbonyl (C=O) groups excluding carboxylic acids is 1. The van der Waals surface area contributed by atoms with Crippen LogP contribution in [0.25, 0.3) is 5.69 Å². The Labute approximate surface area is 138 Å². The Bertz CT molecular complexity index is 855. The summed E-state index contributed by atoms with van der Waals surface area (Å²) in [5.74, 6) is -0.0253. The molecular weight excluding hydrogens is 306 g/mol. The van der Waals surface area contributed by atoms with E-state index >= 15 is 0 Å². The number of esters is 1. The summed E-state index contributed by atoms with van der Waals surface area (Å²) in [7, 11) is 1.87. The van der Waals surface area contributed by atoms with Crippen molar-refractivity contribution in [2.24, 2.45) is 13.0 Å². The number of hydrogen-bond donors (Lipinski definition) is 0. The Morgan fingerprint density at radius 1 is 1.25 bits per heavy atom. The van der Waals surface area contributed by atoms with E-state index in [9.17, 15) is 4.79 Å². The number of para-hydroxylation sites is 1. The van der Waals surface area contributed by atoms with Crippen molar-refractivity contribution >= 4 is 5.97 Å². The van der Waals surface area contributed by atoms with E-state index in [1.165, 1.54) is 4.80 Å². The third kappa shape index (κ3) is 2.92. The van der Waals surface area contributed by atoms with E-state index < -0.39 is 0 Å². The van der Waals surface area contributed by atoms with Crippen LogP contribution < -0.4 is 0 Å². The van der Waals surface area contributed by atoms with Crippen molar-refractivity contribution in [3.63, 3.8) is 0 Å². The van der Waals surface area contributed by atoms with Crippen LogP contribution in [0.2, 0.25) is 0 Å². The molecule has 1 fully saturated rings. The van der Waals surface area contributed by atoms with Crippen LogP contribution in [0, 0.1) is 5.92 Å². The summed E-state index contributed by atoms with van der Waals surface area (Å²) in [4.78, 5) is 13.7. The summed E-state index contributed by atoms with van der Waals surface area (Å²) in [5, 5.41) is 12.7. The highest BCUT2D eigenvalue weighted by Gasteiger charge is 2.45. The molecule has 0 radical (unpaired) electrons. The second-order valence-corrected chi connectivity index (χ2v) is 5.96. The van der Waals surface area contributed by atoms with Crippen molar-refractivity contribution in [3.05, 3.63) is 60.2 Å². The van der Waals surface area contributed by atoms with Crippen molar-refractivity contribution in [3.8, 4) is 5.69 Å². The maximum absolute atomic E-state index is 12.1. The Hall–Kier alpha value is -2.96. The zero-order chi connectivity index (χ0) is 16.5. The zero-order valence-corrected chi connectivity index (χ0v) is 13.2. The van der Waals surface area contributed by atoms with Gasteiger partial charge in [0.25, 0.3) is 0 Å². The summed E-state index contributed by atoms with van der Waals surface area (Å²) in [6, 6.07) is 9.61. The molecule has 1 aliphatic carbocycles. The normalized spacial score (nSPS) is 19.2. The van der Waals surface area contributed by atoms with Crippen LogP contribution >= 0.6 is 0 Å². The van der Waals surface area contributed by atoms with Gasteiger partial charge in [0.2, 0.25) is 0 Å². The number of carbonyl (C=O) groups is 1. The van der Waals surface area contributed by atoms with Crippen LogP contribution in [-0.4, -0.2) is 30.7 Å². The first-order valence-corrected chi connectivity index (χ1v) is 7.82. The highest BCUT2D eigenvalue weighted by atomic mass is 16.5. The quantitative estimate of drug-likeness (QED) is 0.670. The summed E-state index contributed by atoms with van der Waals surface area (Å²) >= 11 is 0. The molecule has 7 nitrogen and oxygen atoms in total. The molecular formula is C17H17N5O2. The van der Waals surface area contributed by atoms with Gasteiger partial charge in [0.1, 0.15) is 12.3 Å². The lowest BCUT2D eigenvalue weighted by Gasteiger charge is -2.01. The number of benzene rings is 1. The highest BCUT2D eigenvalue weighted by molar-refractivity contribution is 5.77. The fourth-order valence-electron chi connectivity index (χ4n) is 2.75. The van der Waals surface area contributed by atoms with Crippen LogP contribution in [0.1, 0.15) is 23.6 Å². The van der Waals surface area contributed by atoms with Crippen molar-refractivity contribution in [1.82, 2.24) is 24.8 Å². The van der Waals surface area contributed by atoms with Crippen LogP contribution in [-0.2, 0) is 23.2 Å². The molecule has 0 bridgehead atoms. The standard InChI is InChI=1S/C17H17N5O2/c1-21-10-12(8-18-21)15-7-16(15)17(23)24-11-13-9-19-22(20-13)14-5-3-2-4-6-14/h2-6,8-10,15-16H,7,11H2,1H3/t15-,16+/m1/s1. The molecule has 3 aromatic rings. The fraction of sp³-hybridized carbons (Fsp3) is 0.294. The van der Waals surface area contributed by atoms with E-state index in [0.717, 1.165) is 17.7 Å². The molecule has 1 saturated carbocycles. The minimum absolute atomic E-state index is 0.0710. The molecule has 122 valence electrons. The molecule has 0 N–H and O–H groups in total. The van der Waals surface area contributed by atoms with Gasteiger partial charge >= 0.3 is 5.97 Å². The summed E-state index contributed by atoms with van der Waals surface area (Å²) in [5.41, 5.74) is 2.59. The SMILES string of the molecule is Cn1cc([C@H]2C[C@@H]2C(=O)OCc2cnn(-c3ccccc3)n2)cn1. The number of ether oxygens (including phenoxy) is 1. The Morgan fingerprint density at radius 2 is 2.08 bits per heavy atom. The van der Waals surface area contributed by atoms with Crippen molar-refractivity contribution in [2.75, 3.05) is 0 Å². The van der Waals surface area contributed by atoms with Gasteiger partial charge in [0.15, 0.2) is 0 Å². The van der Waals surface area contributed by atoms with Gasteiger partial charge in [-0.3, -0.25) is 9.48 Å². The first kappa shape index (κ1) is 14.6. The fourth-order valence-corrected chi connectivity index (χ4v) is 2.75. The second-order valence-electron chi connectivity index (χ2n) is 5.96. The van der Waals surface area contributed by atoms with E-state index in [2.05, 4.69) is 15.3 Å². The van der Waals surface area contributed by atoms with E-state index in [1.807, 2.05) is 49.8 Å². The van der Waals surface area contributed by atoms with Crippen molar-refractivity contribution in [2.45, 2.75) is 18.9 Å². The van der Waals surface area contributed by atoms with Crippen LogP contribution in [0.5, 0.6) is 0 Å². The van der Waals surface area contributed by atoms with E-state index in [0.29, 0.717) is 5.69 Å². The number of aromatic nitrogens is 5. The van der Waals surface area contributed by atoms with E-state index in [1.54, 1.807) is 10.9 Å². The van der Waals surface area contributed by atoms with Gasteiger partial charge in [-0.2, -0.15) is 15.0 Å². The topological polar surface area (TPSA) is 74.8 Å². The van der Waals surface area contributed by atoms with Gasteiger partial charge in [-0.25, -0.2) is 0 Å². The summed E-state index contributed by atoms with van der Waals surface area (Å²) in [6.07, 6.45) is 6.19. The monoisotopic (exact) mass is 323 g/mol. The summed E-state index contributed by atoms with van der Waals surface area (Å²) in [6.45, 7) is 0.141. The van der Waals surface area contributed by atoms with Gasteiger partial charge in [-0.05, 0) is 24.1 Å². The number of hydrogen-bond acceptors (Lipinski definition) is 5. The van der Waals surface area contributed by atoms with Crippen molar-refractivity contribution in [1.29, 1.82) is 0 Å². The molecule has 0 saturated heterocycles. The second kappa shape index (κ2) is 5.92. The first-order chi connectivity index (χ1) is 11.7. The van der Waals surface area contributed by atoms with Gasteiger partial charge in [-0.1, -0.05) is 18.2 Å². The van der Waals surface area contributed by atoms with Gasteiger partial charge in [-0.15, -0.1) is 5.10 Å². The Kier molecular flexibility index (Phi) is 3.60. The minimum atomic E-state index is -0.182. The molecule has 24 heavy (non-hydrogen) atoms. The maximum atomic E-state index is 12.1. The lowest BCUT2D eigenvalue weighted by Crippen LogP contribution is -2.08. The molecule has 2 heterocycles. The zero-order valence-electron chi connectivity index (χ0n) is 13.2. The first-order valence-electron chi connectivity index (χ1n) is 7.82. The molecule has 0 spiro atoms. The largest absolute Gasteiger partial charge is 0.459 e. The molecule has 0 aliphatic heterocycles. The Morgan fingerprint density at radius 3 is 2.83 bits per heavy atom. The lowest BCUT2D eigenvalue weighted by molar-refractivity contribution is -0.146. The third-order valence-electron chi connectivity index (χ3n) is 4.13. The van der Waals surface area contributed by atoms with Crippen LogP contribution in [0.15, 0.2) is 48.9 Å². The van der Waals surface area contributed by atoms with Crippen LogP contribution in [0.3, 0.4) is 0 Å². The molecule has 2 atom stereocenters. The predicted octanol–water partition coefficient (Wildman–Crippen LogP) is 1.85. The number of rotatable bonds is 5. The highest BCUT2D eigenvalue weighted by Crippen LogP contribution is 2.48. The molecule has 0 amide bonds. The molecule has 2 aromatic heterocycles. The number of nitrogens with zero attached hydrogens (tertiary/aromatic N) is 5. The van der Waals surface area contributed by atoms with Gasteiger partial charge in [0, 0.05) is 19.2 Å². The number of aryl methyl sites for hydroxylation is 1. The van der Waals surface area contributed by atoms with Gasteiger partial charge in [0.05, 0.1) is 24.0 Å². The summed E-state index contributed by atoms with van der Waals surface area (Å²) < 4.78 is 7.13. The minimum Gasteiger partial charge on any atom is -0.459 e. The maximum Gasteiger partial charge on any atom is 0.309 e. The van der Waals surface area contributed by atoms with E-state index in [-0.39, 0.29) is 24.4 Å². The molecule has 4 rings (SSSR count). The van der Waals surface area contributed by atoms with Gasteiger partial charge < -0.3 is 4.74 Å². The third-order valence-corrected chi connectivity index (χ3v) is 4.13. The van der Waals surface area contributed by atoms with E-state index in [4.69, 9.17) is 4.74 Å². The molecule has 0 unspecified atom stereocenters. The molecule has 7 heteroatoms. The smallest absolute Gasteiger partial charge is 0.309 e. The molecule has 1 aliphatic rings. The average molecular weight is 323 g/mol. The average Bonchev–Trinajstić information content (AvgIpc) is 3.05. The Balaban J connectivity index is 1.33. The molecule has 1 aromatic carbocycles. The van der Waals surface area contributed by atoms with Crippen molar-refractivity contribution < 1.29 is 9.53 Å². The lowest BCUT2D eigenvalue weighted by atomic mass is 10.2. The predicted molar refractivity (Wildman–Crippen MR) is 85.2 cm³/mol. The van der Waals surface area contributed by atoms with Crippen LogP contribution in [0.4, 0.5) is 0 Å².